The Kier molecular flexibility index (Phi) is 7.16. The SMILES string of the molecule is CCOC(=O)COc1ccc(/C=N/NC(=O)c2ccccc2Br)cc1. The first kappa shape index (κ1) is 18.7. The van der Waals surface area contributed by atoms with Crippen LogP contribution in [0, 0.1) is 0 Å². The van der Waals surface area contributed by atoms with Crippen molar-refractivity contribution < 1.29 is 19.1 Å². The Morgan fingerprint density at radius 2 is 1.88 bits per heavy atom. The lowest BCUT2D eigenvalue weighted by atomic mass is 10.2. The lowest BCUT2D eigenvalue weighted by Gasteiger charge is -2.05. The second-order valence-electron chi connectivity index (χ2n) is 4.84. The third kappa shape index (κ3) is 6.04. The second-order valence-corrected chi connectivity index (χ2v) is 5.70. The fourth-order valence-corrected chi connectivity index (χ4v) is 2.33. The van der Waals surface area contributed by atoms with Gasteiger partial charge in [0.1, 0.15) is 5.75 Å². The molecule has 1 N–H and O–H groups in total. The summed E-state index contributed by atoms with van der Waals surface area (Å²) in [7, 11) is 0. The standard InChI is InChI=1S/C18H17BrN2O4/c1-2-24-17(22)12-25-14-9-7-13(8-10-14)11-20-21-18(23)15-5-3-4-6-16(15)19/h3-11H,2,12H2,1H3,(H,21,23)/b20-11+. The maximum Gasteiger partial charge on any atom is 0.344 e. The van der Waals surface area contributed by atoms with Crippen molar-refractivity contribution >= 4 is 34.0 Å². The van der Waals surface area contributed by atoms with Crippen molar-refractivity contribution in [2.24, 2.45) is 5.10 Å². The first-order valence-corrected chi connectivity index (χ1v) is 8.36. The molecule has 0 bridgehead atoms. The number of ether oxygens (including phenoxy) is 2. The van der Waals surface area contributed by atoms with Gasteiger partial charge in [-0.1, -0.05) is 12.1 Å². The fraction of sp³-hybridized carbons (Fsp3) is 0.167. The molecule has 0 aliphatic rings. The first-order valence-electron chi connectivity index (χ1n) is 7.56. The van der Waals surface area contributed by atoms with Crippen LogP contribution in [0.2, 0.25) is 0 Å². The number of nitrogens with zero attached hydrogens (tertiary/aromatic N) is 1. The molecule has 2 aromatic carbocycles. The van der Waals surface area contributed by atoms with Crippen LogP contribution in [0.3, 0.4) is 0 Å². The number of halogens is 1. The molecule has 0 unspecified atom stereocenters. The van der Waals surface area contributed by atoms with E-state index in [0.29, 0.717) is 22.4 Å². The van der Waals surface area contributed by atoms with Crippen molar-refractivity contribution in [3.05, 3.63) is 64.1 Å². The van der Waals surface area contributed by atoms with Crippen LogP contribution in [-0.2, 0) is 9.53 Å². The van der Waals surface area contributed by atoms with Gasteiger partial charge in [-0.2, -0.15) is 5.10 Å². The highest BCUT2D eigenvalue weighted by atomic mass is 79.9. The van der Waals surface area contributed by atoms with Crippen LogP contribution < -0.4 is 10.2 Å². The van der Waals surface area contributed by atoms with Crippen LogP contribution in [0.15, 0.2) is 58.1 Å². The summed E-state index contributed by atoms with van der Waals surface area (Å²) in [5.74, 6) is -0.177. The van der Waals surface area contributed by atoms with Gasteiger partial charge < -0.3 is 9.47 Å². The topological polar surface area (TPSA) is 77.0 Å². The first-order chi connectivity index (χ1) is 12.1. The van der Waals surface area contributed by atoms with Gasteiger partial charge in [-0.05, 0) is 64.8 Å². The van der Waals surface area contributed by atoms with Crippen molar-refractivity contribution in [1.82, 2.24) is 5.43 Å². The fourth-order valence-electron chi connectivity index (χ4n) is 1.87. The van der Waals surface area contributed by atoms with E-state index in [0.717, 1.165) is 5.56 Å². The van der Waals surface area contributed by atoms with Gasteiger partial charge in [0.2, 0.25) is 0 Å². The molecule has 0 saturated carbocycles. The molecule has 0 saturated heterocycles. The van der Waals surface area contributed by atoms with Crippen molar-refractivity contribution in [2.45, 2.75) is 6.92 Å². The molecule has 2 aromatic rings. The molecule has 130 valence electrons. The van der Waals surface area contributed by atoms with E-state index in [9.17, 15) is 9.59 Å². The van der Waals surface area contributed by atoms with Gasteiger partial charge in [0.05, 0.1) is 18.4 Å². The predicted molar refractivity (Wildman–Crippen MR) is 97.8 cm³/mol. The van der Waals surface area contributed by atoms with Gasteiger partial charge in [0.15, 0.2) is 6.61 Å². The number of esters is 1. The van der Waals surface area contributed by atoms with Gasteiger partial charge in [0.25, 0.3) is 5.91 Å². The second kappa shape index (κ2) is 9.58. The average molecular weight is 405 g/mol. The number of amides is 1. The highest BCUT2D eigenvalue weighted by Crippen LogP contribution is 2.15. The summed E-state index contributed by atoms with van der Waals surface area (Å²) in [6.45, 7) is 1.92. The Morgan fingerprint density at radius 1 is 1.16 bits per heavy atom. The predicted octanol–water partition coefficient (Wildman–Crippen LogP) is 3.15. The molecular formula is C18H17BrN2O4. The minimum absolute atomic E-state index is 0.136. The Morgan fingerprint density at radius 3 is 2.56 bits per heavy atom. The summed E-state index contributed by atoms with van der Waals surface area (Å²) in [5.41, 5.74) is 3.74. The average Bonchev–Trinajstić information content (AvgIpc) is 2.61. The van der Waals surface area contributed by atoms with Crippen LogP contribution in [0.25, 0.3) is 0 Å². The highest BCUT2D eigenvalue weighted by Gasteiger charge is 2.07. The molecule has 25 heavy (non-hydrogen) atoms. The minimum Gasteiger partial charge on any atom is -0.482 e. The largest absolute Gasteiger partial charge is 0.482 e. The molecule has 0 heterocycles. The van der Waals surface area contributed by atoms with E-state index in [1.54, 1.807) is 49.4 Å². The van der Waals surface area contributed by atoms with Crippen molar-refractivity contribution in [2.75, 3.05) is 13.2 Å². The Balaban J connectivity index is 1.86. The molecule has 1 amide bonds. The quantitative estimate of drug-likeness (QED) is 0.436. The molecule has 0 aliphatic heterocycles. The summed E-state index contributed by atoms with van der Waals surface area (Å²) >= 11 is 3.32. The van der Waals surface area contributed by atoms with Crippen LogP contribution in [-0.4, -0.2) is 31.3 Å². The van der Waals surface area contributed by atoms with E-state index >= 15 is 0 Å². The van der Waals surface area contributed by atoms with E-state index in [2.05, 4.69) is 26.5 Å². The van der Waals surface area contributed by atoms with Crippen molar-refractivity contribution in [1.29, 1.82) is 0 Å². The van der Waals surface area contributed by atoms with Crippen molar-refractivity contribution in [3.8, 4) is 5.75 Å². The smallest absolute Gasteiger partial charge is 0.344 e. The maximum atomic E-state index is 12.0. The lowest BCUT2D eigenvalue weighted by Crippen LogP contribution is -2.18. The zero-order valence-electron chi connectivity index (χ0n) is 13.6. The molecular weight excluding hydrogens is 388 g/mol. The zero-order valence-corrected chi connectivity index (χ0v) is 15.2. The maximum absolute atomic E-state index is 12.0. The summed E-state index contributed by atoms with van der Waals surface area (Å²) in [5, 5.41) is 3.93. The highest BCUT2D eigenvalue weighted by molar-refractivity contribution is 9.10. The van der Waals surface area contributed by atoms with Crippen LogP contribution in [0.4, 0.5) is 0 Å². The molecule has 2 rings (SSSR count). The van der Waals surface area contributed by atoms with Gasteiger partial charge >= 0.3 is 5.97 Å². The van der Waals surface area contributed by atoms with Crippen LogP contribution >= 0.6 is 15.9 Å². The lowest BCUT2D eigenvalue weighted by molar-refractivity contribution is -0.145. The summed E-state index contributed by atoms with van der Waals surface area (Å²) in [6, 6.07) is 14.0. The number of hydrogen-bond donors (Lipinski definition) is 1. The zero-order chi connectivity index (χ0) is 18.1. The van der Waals surface area contributed by atoms with Gasteiger partial charge in [-0.3, -0.25) is 4.79 Å². The summed E-state index contributed by atoms with van der Waals surface area (Å²) in [4.78, 5) is 23.2. The number of benzene rings is 2. The van der Waals surface area contributed by atoms with E-state index in [-0.39, 0.29) is 12.5 Å². The molecule has 0 radical (unpaired) electrons. The number of carbonyl (C=O) groups excluding carboxylic acids is 2. The molecule has 7 heteroatoms. The summed E-state index contributed by atoms with van der Waals surface area (Å²) < 4.78 is 10.8. The normalized spacial score (nSPS) is 10.5. The number of hydrazone groups is 1. The Labute approximate surface area is 154 Å². The van der Waals surface area contributed by atoms with Gasteiger partial charge in [-0.25, -0.2) is 10.2 Å². The van der Waals surface area contributed by atoms with E-state index < -0.39 is 5.97 Å². The monoisotopic (exact) mass is 404 g/mol. The van der Waals surface area contributed by atoms with Crippen molar-refractivity contribution in [3.63, 3.8) is 0 Å². The minimum atomic E-state index is -0.414. The molecule has 0 aromatic heterocycles. The molecule has 0 aliphatic carbocycles. The summed E-state index contributed by atoms with van der Waals surface area (Å²) in [6.07, 6.45) is 1.52. The number of nitrogens with one attached hydrogen (secondary N) is 1. The van der Waals surface area contributed by atoms with Crippen LogP contribution in [0.1, 0.15) is 22.8 Å². The van der Waals surface area contributed by atoms with E-state index in [4.69, 9.17) is 9.47 Å². The Bertz CT molecular complexity index is 760. The third-order valence-corrected chi connectivity index (χ3v) is 3.73. The van der Waals surface area contributed by atoms with E-state index in [1.807, 2.05) is 6.07 Å². The molecule has 0 spiro atoms. The number of rotatable bonds is 7. The van der Waals surface area contributed by atoms with Crippen LogP contribution in [0.5, 0.6) is 5.75 Å². The third-order valence-electron chi connectivity index (χ3n) is 3.04. The number of carbonyl (C=O) groups is 2. The Hall–Kier alpha value is -2.67. The molecule has 0 fully saturated rings. The van der Waals surface area contributed by atoms with Gasteiger partial charge in [-0.15, -0.1) is 0 Å². The number of hydrogen-bond acceptors (Lipinski definition) is 5. The van der Waals surface area contributed by atoms with Gasteiger partial charge in [0, 0.05) is 4.47 Å². The molecule has 6 nitrogen and oxygen atoms in total. The molecule has 0 atom stereocenters. The van der Waals surface area contributed by atoms with E-state index in [1.165, 1.54) is 6.21 Å².